The predicted octanol–water partition coefficient (Wildman–Crippen LogP) is 4.72. The highest BCUT2D eigenvalue weighted by Crippen LogP contribution is 1.81. The molecule has 0 aromatic carbocycles. The van der Waals surface area contributed by atoms with Crippen molar-refractivity contribution < 1.29 is 19.2 Å². The van der Waals surface area contributed by atoms with Gasteiger partial charge in [0.15, 0.2) is 5.78 Å². The van der Waals surface area contributed by atoms with E-state index in [1.165, 1.54) is 47.5 Å². The first-order valence-corrected chi connectivity index (χ1v) is 8.75. The van der Waals surface area contributed by atoms with Crippen LogP contribution in [0, 0.1) is 0 Å². The number of rotatable bonds is 3. The molecule has 0 rings (SSSR count). The number of hydrogen-bond donors (Lipinski definition) is 2. The van der Waals surface area contributed by atoms with E-state index >= 15 is 0 Å². The second kappa shape index (κ2) is 35.5. The number of amides is 1. The summed E-state index contributed by atoms with van der Waals surface area (Å²) in [6.45, 7) is 19.2. The molecule has 0 saturated heterocycles. The molecular formula is C21H50N2O4. The molecule has 0 heterocycles. The third-order valence-corrected chi connectivity index (χ3v) is 1.67. The quantitative estimate of drug-likeness (QED) is 0.720. The summed E-state index contributed by atoms with van der Waals surface area (Å²) in [6, 6.07) is -0.632. The van der Waals surface area contributed by atoms with Gasteiger partial charge in [-0.2, -0.15) is 0 Å². The van der Waals surface area contributed by atoms with Crippen LogP contribution in [0.1, 0.15) is 104 Å². The van der Waals surface area contributed by atoms with Crippen molar-refractivity contribution in [3.63, 3.8) is 0 Å². The van der Waals surface area contributed by atoms with E-state index in [0.717, 1.165) is 0 Å². The van der Waals surface area contributed by atoms with Gasteiger partial charge in [-0.15, -0.1) is 0 Å². The average molecular weight is 395 g/mol. The summed E-state index contributed by atoms with van der Waals surface area (Å²) in [5.74, 6) is 0.0119. The van der Waals surface area contributed by atoms with E-state index in [4.69, 9.17) is 5.73 Å². The maximum absolute atomic E-state index is 10.5. The molecule has 0 spiro atoms. The van der Waals surface area contributed by atoms with Crippen molar-refractivity contribution in [3.8, 4) is 0 Å². The Hall–Kier alpha value is -1.56. The van der Waals surface area contributed by atoms with Gasteiger partial charge < -0.3 is 15.8 Å². The summed E-state index contributed by atoms with van der Waals surface area (Å²) in [5.41, 5.74) is 5.09. The van der Waals surface area contributed by atoms with Crippen molar-refractivity contribution in [2.24, 2.45) is 5.73 Å². The normalized spacial score (nSPS) is 9.48. The molecule has 3 N–H and O–H groups in total. The number of hydrogen-bond acceptors (Lipinski definition) is 5. The molecule has 2 unspecified atom stereocenters. The molecule has 6 heteroatoms. The first kappa shape index (κ1) is 44.7. The molecule has 0 radical (unpaired) electrons. The number of ketones is 3. The molecule has 0 aromatic rings. The van der Waals surface area contributed by atoms with E-state index in [1.807, 2.05) is 0 Å². The molecule has 0 aliphatic carbocycles. The molecule has 2 atom stereocenters. The lowest BCUT2D eigenvalue weighted by Gasteiger charge is -2.06. The van der Waals surface area contributed by atoms with E-state index < -0.39 is 0 Å². The molecule has 0 bridgehead atoms. The Balaban J connectivity index is -0.0000000392. The Morgan fingerprint density at radius 1 is 0.741 bits per heavy atom. The summed E-state index contributed by atoms with van der Waals surface area (Å²) in [4.78, 5) is 40.2. The Morgan fingerprint density at radius 2 is 0.926 bits per heavy atom. The standard InChI is InChI=1S/C6H11NO2.C4H9NO.C3H6O.2C3H8.2CH4/c1-4(5(2)8)7-6(3)9;1-3(5)4(2)6;1-3(2)4;2*1-3-2;;/h4H,1-3H3,(H,7,9);3H,5H2,1-2H3;1-2H3;2*3H2,1-2H3;2*1H4. The van der Waals surface area contributed by atoms with E-state index in [0.29, 0.717) is 0 Å². The first-order chi connectivity index (χ1) is 11.2. The van der Waals surface area contributed by atoms with Gasteiger partial charge in [0.2, 0.25) is 5.91 Å². The minimum atomic E-state index is -0.345. The second-order valence-corrected chi connectivity index (χ2v) is 5.75. The minimum absolute atomic E-state index is 0. The fraction of sp³-hybridized carbons (Fsp3) is 0.810. The molecular weight excluding hydrogens is 344 g/mol. The first-order valence-electron chi connectivity index (χ1n) is 8.75. The highest BCUT2D eigenvalue weighted by molar-refractivity contribution is 5.86. The molecule has 0 aliphatic heterocycles. The molecule has 0 aromatic heterocycles. The second-order valence-electron chi connectivity index (χ2n) is 5.75. The van der Waals surface area contributed by atoms with Crippen LogP contribution >= 0.6 is 0 Å². The smallest absolute Gasteiger partial charge is 0.217 e. The van der Waals surface area contributed by atoms with Crippen LogP contribution in [0.5, 0.6) is 0 Å². The predicted molar refractivity (Wildman–Crippen MR) is 120 cm³/mol. The van der Waals surface area contributed by atoms with E-state index in [1.54, 1.807) is 13.8 Å². The van der Waals surface area contributed by atoms with Crippen molar-refractivity contribution in [2.45, 2.75) is 116 Å². The summed E-state index contributed by atoms with van der Waals surface area (Å²) in [7, 11) is 0. The van der Waals surface area contributed by atoms with Crippen LogP contribution in [0.15, 0.2) is 0 Å². The zero-order valence-corrected chi connectivity index (χ0v) is 18.3. The number of nitrogens with two attached hydrogens (primary N) is 1. The fourth-order valence-corrected chi connectivity index (χ4v) is 0.407. The number of Topliss-reactive ketones (excluding diaryl/α,β-unsaturated/α-hetero) is 3. The lowest BCUT2D eigenvalue weighted by atomic mass is 10.2. The van der Waals surface area contributed by atoms with Crippen molar-refractivity contribution in [1.82, 2.24) is 5.32 Å². The van der Waals surface area contributed by atoms with Crippen LogP contribution in [-0.4, -0.2) is 35.3 Å². The summed E-state index contributed by atoms with van der Waals surface area (Å²) < 4.78 is 0. The van der Waals surface area contributed by atoms with Gasteiger partial charge in [-0.25, -0.2) is 0 Å². The third-order valence-electron chi connectivity index (χ3n) is 1.67. The largest absolute Gasteiger partial charge is 0.347 e. The van der Waals surface area contributed by atoms with Crippen LogP contribution in [0.2, 0.25) is 0 Å². The van der Waals surface area contributed by atoms with Gasteiger partial charge in [0.1, 0.15) is 11.6 Å². The minimum Gasteiger partial charge on any atom is -0.347 e. The van der Waals surface area contributed by atoms with Crippen molar-refractivity contribution >= 4 is 23.3 Å². The third kappa shape index (κ3) is 113. The summed E-state index contributed by atoms with van der Waals surface area (Å²) >= 11 is 0. The molecule has 0 fully saturated rings. The zero-order valence-electron chi connectivity index (χ0n) is 18.3. The molecule has 27 heavy (non-hydrogen) atoms. The fourth-order valence-electron chi connectivity index (χ4n) is 0.407. The Kier molecular flexibility index (Phi) is 58.8. The van der Waals surface area contributed by atoms with E-state index in [9.17, 15) is 19.2 Å². The van der Waals surface area contributed by atoms with Crippen LogP contribution in [0.3, 0.4) is 0 Å². The highest BCUT2D eigenvalue weighted by atomic mass is 16.2. The SMILES string of the molecule is C.C.CC(=O)C(C)N.CC(=O)NC(C)C(C)=O.CC(C)=O.CCC.CCC. The molecule has 1 amide bonds. The van der Waals surface area contributed by atoms with Crippen molar-refractivity contribution in [3.05, 3.63) is 0 Å². The Morgan fingerprint density at radius 3 is 0.963 bits per heavy atom. The van der Waals surface area contributed by atoms with Crippen molar-refractivity contribution in [1.29, 1.82) is 0 Å². The van der Waals surface area contributed by atoms with Gasteiger partial charge in [-0.05, 0) is 41.5 Å². The van der Waals surface area contributed by atoms with Crippen LogP contribution < -0.4 is 11.1 Å². The van der Waals surface area contributed by atoms with Gasteiger partial charge in [-0.3, -0.25) is 14.4 Å². The maximum atomic E-state index is 10.5. The van der Waals surface area contributed by atoms with Gasteiger partial charge in [-0.1, -0.05) is 55.4 Å². The van der Waals surface area contributed by atoms with Gasteiger partial charge in [0, 0.05) is 6.92 Å². The van der Waals surface area contributed by atoms with E-state index in [-0.39, 0.29) is 50.2 Å². The zero-order chi connectivity index (χ0) is 21.6. The summed E-state index contributed by atoms with van der Waals surface area (Å²) in [6.07, 6.45) is 2.50. The Bertz CT molecular complexity index is 335. The van der Waals surface area contributed by atoms with Gasteiger partial charge in [0.05, 0.1) is 12.1 Å². The number of nitrogens with one attached hydrogen (secondary N) is 1. The molecule has 168 valence electrons. The topological polar surface area (TPSA) is 106 Å². The monoisotopic (exact) mass is 394 g/mol. The van der Waals surface area contributed by atoms with Crippen LogP contribution in [-0.2, 0) is 19.2 Å². The lowest BCUT2D eigenvalue weighted by Crippen LogP contribution is -2.35. The number of carbonyl (C=O) groups is 4. The average Bonchev–Trinajstić information content (AvgIpc) is 2.39. The molecule has 0 saturated carbocycles. The maximum Gasteiger partial charge on any atom is 0.217 e. The van der Waals surface area contributed by atoms with Crippen LogP contribution in [0.4, 0.5) is 0 Å². The van der Waals surface area contributed by atoms with Gasteiger partial charge in [0.25, 0.3) is 0 Å². The molecule has 6 nitrogen and oxygen atoms in total. The van der Waals surface area contributed by atoms with Crippen LogP contribution in [0.25, 0.3) is 0 Å². The highest BCUT2D eigenvalue weighted by Gasteiger charge is 2.06. The molecule has 0 aliphatic rings. The lowest BCUT2D eigenvalue weighted by molar-refractivity contribution is -0.125. The van der Waals surface area contributed by atoms with Gasteiger partial charge >= 0.3 is 0 Å². The summed E-state index contributed by atoms with van der Waals surface area (Å²) in [5, 5.41) is 2.45. The Labute approximate surface area is 170 Å². The van der Waals surface area contributed by atoms with E-state index in [2.05, 4.69) is 33.0 Å². The number of carbonyl (C=O) groups excluding carboxylic acids is 4. The van der Waals surface area contributed by atoms with Crippen molar-refractivity contribution in [2.75, 3.05) is 0 Å².